The predicted molar refractivity (Wildman–Crippen MR) is 68.9 cm³/mol. The van der Waals surface area contributed by atoms with Crippen LogP contribution in [0.5, 0.6) is 0 Å². The van der Waals surface area contributed by atoms with Gasteiger partial charge in [-0.05, 0) is 27.3 Å². The van der Waals surface area contributed by atoms with Crippen LogP contribution < -0.4 is 5.73 Å². The van der Waals surface area contributed by atoms with Gasteiger partial charge in [-0.25, -0.2) is 0 Å². The summed E-state index contributed by atoms with van der Waals surface area (Å²) in [4.78, 5) is 4.89. The van der Waals surface area contributed by atoms with Crippen molar-refractivity contribution in [2.45, 2.75) is 45.2 Å². The van der Waals surface area contributed by atoms with Gasteiger partial charge in [-0.2, -0.15) is 0 Å². The molecule has 0 radical (unpaired) electrons. The molecule has 1 heterocycles. The summed E-state index contributed by atoms with van der Waals surface area (Å²) in [7, 11) is 2.18. The van der Waals surface area contributed by atoms with Crippen LogP contribution in [0, 0.1) is 5.41 Å². The van der Waals surface area contributed by atoms with Gasteiger partial charge < -0.3 is 5.73 Å². The molecule has 0 bridgehead atoms. The monoisotopic (exact) mass is 226 g/mol. The van der Waals surface area contributed by atoms with E-state index in [2.05, 4.69) is 37.6 Å². The molecule has 3 N–H and O–H groups in total. The molecule has 0 aromatic rings. The van der Waals surface area contributed by atoms with Crippen molar-refractivity contribution in [3.63, 3.8) is 0 Å². The van der Waals surface area contributed by atoms with Crippen LogP contribution >= 0.6 is 0 Å². The van der Waals surface area contributed by atoms with Gasteiger partial charge >= 0.3 is 0 Å². The third-order valence-corrected chi connectivity index (χ3v) is 3.79. The zero-order chi connectivity index (χ0) is 12.3. The van der Waals surface area contributed by atoms with Gasteiger partial charge in [0, 0.05) is 37.6 Å². The SMILES string of the molecule is CCC(CC(=N)N)N1CCN(C)C(C)(C)C1. The number of hydrogen-bond acceptors (Lipinski definition) is 3. The minimum atomic E-state index is 0.225. The summed E-state index contributed by atoms with van der Waals surface area (Å²) in [6, 6.07) is 0.436. The molecule has 1 unspecified atom stereocenters. The van der Waals surface area contributed by atoms with E-state index in [1.807, 2.05) is 0 Å². The van der Waals surface area contributed by atoms with Crippen LogP contribution in [0.1, 0.15) is 33.6 Å². The summed E-state index contributed by atoms with van der Waals surface area (Å²) in [5, 5.41) is 7.43. The van der Waals surface area contributed by atoms with E-state index in [1.54, 1.807) is 0 Å². The van der Waals surface area contributed by atoms with Crippen molar-refractivity contribution in [2.24, 2.45) is 5.73 Å². The van der Waals surface area contributed by atoms with Crippen LogP contribution in [0.15, 0.2) is 0 Å². The average Bonchev–Trinajstić information content (AvgIpc) is 2.18. The first kappa shape index (κ1) is 13.5. The highest BCUT2D eigenvalue weighted by atomic mass is 15.3. The van der Waals surface area contributed by atoms with E-state index in [-0.39, 0.29) is 5.54 Å². The van der Waals surface area contributed by atoms with Crippen LogP contribution in [0.25, 0.3) is 0 Å². The molecule has 0 aromatic heterocycles. The van der Waals surface area contributed by atoms with Crippen LogP contribution in [-0.4, -0.2) is 53.9 Å². The summed E-state index contributed by atoms with van der Waals surface area (Å²) in [5.74, 6) is 0.309. The second-order valence-electron chi connectivity index (χ2n) is 5.50. The van der Waals surface area contributed by atoms with Crippen molar-refractivity contribution in [1.82, 2.24) is 9.80 Å². The second kappa shape index (κ2) is 5.15. The molecule has 1 saturated heterocycles. The fraction of sp³-hybridized carbons (Fsp3) is 0.917. The number of piperazine rings is 1. The number of likely N-dealkylation sites (N-methyl/N-ethyl adjacent to an activating group) is 1. The topological polar surface area (TPSA) is 56.4 Å². The Morgan fingerprint density at radius 1 is 1.44 bits per heavy atom. The summed E-state index contributed by atoms with van der Waals surface area (Å²) >= 11 is 0. The summed E-state index contributed by atoms with van der Waals surface area (Å²) in [5.41, 5.74) is 5.74. The number of amidine groups is 1. The first-order valence-electron chi connectivity index (χ1n) is 6.15. The maximum atomic E-state index is 7.43. The highest BCUT2D eigenvalue weighted by molar-refractivity contribution is 5.77. The molecular weight excluding hydrogens is 200 g/mol. The van der Waals surface area contributed by atoms with E-state index >= 15 is 0 Å². The summed E-state index contributed by atoms with van der Waals surface area (Å²) in [6.45, 7) is 9.99. The molecule has 0 aromatic carbocycles. The van der Waals surface area contributed by atoms with E-state index in [0.717, 1.165) is 26.1 Å². The Morgan fingerprint density at radius 3 is 2.50 bits per heavy atom. The minimum Gasteiger partial charge on any atom is -0.388 e. The van der Waals surface area contributed by atoms with E-state index in [4.69, 9.17) is 11.1 Å². The van der Waals surface area contributed by atoms with Crippen LogP contribution in [0.4, 0.5) is 0 Å². The highest BCUT2D eigenvalue weighted by Gasteiger charge is 2.33. The lowest BCUT2D eigenvalue weighted by atomic mass is 9.96. The predicted octanol–water partition coefficient (Wildman–Crippen LogP) is 1.12. The van der Waals surface area contributed by atoms with E-state index in [9.17, 15) is 0 Å². The zero-order valence-corrected chi connectivity index (χ0v) is 11.1. The lowest BCUT2D eigenvalue weighted by molar-refractivity contribution is 0.0172. The number of nitrogens with two attached hydrogens (primary N) is 1. The Hall–Kier alpha value is -0.610. The molecule has 0 aliphatic carbocycles. The molecule has 0 saturated carbocycles. The zero-order valence-electron chi connectivity index (χ0n) is 11.1. The minimum absolute atomic E-state index is 0.225. The highest BCUT2D eigenvalue weighted by Crippen LogP contribution is 2.22. The number of hydrogen-bond donors (Lipinski definition) is 2. The third-order valence-electron chi connectivity index (χ3n) is 3.79. The van der Waals surface area contributed by atoms with Gasteiger partial charge in [0.2, 0.25) is 0 Å². The van der Waals surface area contributed by atoms with E-state index < -0.39 is 0 Å². The molecule has 1 fully saturated rings. The average molecular weight is 226 g/mol. The Kier molecular flexibility index (Phi) is 4.33. The van der Waals surface area contributed by atoms with E-state index in [0.29, 0.717) is 18.3 Å². The first-order valence-corrected chi connectivity index (χ1v) is 6.15. The summed E-state index contributed by atoms with van der Waals surface area (Å²) < 4.78 is 0. The lowest BCUT2D eigenvalue weighted by Crippen LogP contribution is -2.60. The molecule has 1 rings (SSSR count). The number of rotatable bonds is 4. The second-order valence-corrected chi connectivity index (χ2v) is 5.50. The van der Waals surface area contributed by atoms with Crippen molar-refractivity contribution in [3.8, 4) is 0 Å². The van der Waals surface area contributed by atoms with Gasteiger partial charge in [0.15, 0.2) is 0 Å². The van der Waals surface area contributed by atoms with Crippen molar-refractivity contribution in [2.75, 3.05) is 26.7 Å². The molecule has 0 spiro atoms. The van der Waals surface area contributed by atoms with Crippen LogP contribution in [0.2, 0.25) is 0 Å². The molecule has 4 nitrogen and oxygen atoms in total. The van der Waals surface area contributed by atoms with Crippen molar-refractivity contribution >= 4 is 5.84 Å². The number of nitrogens with one attached hydrogen (secondary N) is 1. The molecule has 1 aliphatic heterocycles. The fourth-order valence-corrected chi connectivity index (χ4v) is 2.38. The molecule has 16 heavy (non-hydrogen) atoms. The first-order chi connectivity index (χ1) is 7.36. The normalized spacial score (nSPS) is 24.2. The Bertz CT molecular complexity index is 249. The summed E-state index contributed by atoms with van der Waals surface area (Å²) in [6.07, 6.45) is 1.77. The molecule has 1 aliphatic rings. The quantitative estimate of drug-likeness (QED) is 0.558. The Labute approximate surface area is 99.3 Å². The third kappa shape index (κ3) is 3.19. The van der Waals surface area contributed by atoms with Crippen LogP contribution in [-0.2, 0) is 0 Å². The van der Waals surface area contributed by atoms with Crippen molar-refractivity contribution < 1.29 is 0 Å². The van der Waals surface area contributed by atoms with Gasteiger partial charge in [0.05, 0.1) is 5.84 Å². The van der Waals surface area contributed by atoms with Gasteiger partial charge in [-0.15, -0.1) is 0 Å². The van der Waals surface area contributed by atoms with E-state index in [1.165, 1.54) is 0 Å². The van der Waals surface area contributed by atoms with Crippen LogP contribution in [0.3, 0.4) is 0 Å². The van der Waals surface area contributed by atoms with Gasteiger partial charge in [0.25, 0.3) is 0 Å². The molecular formula is C12H26N4. The molecule has 0 amide bonds. The molecule has 94 valence electrons. The fourth-order valence-electron chi connectivity index (χ4n) is 2.38. The maximum Gasteiger partial charge on any atom is 0.0921 e. The Balaban J connectivity index is 2.62. The number of nitrogens with zero attached hydrogens (tertiary/aromatic N) is 2. The largest absolute Gasteiger partial charge is 0.388 e. The molecule has 4 heteroatoms. The van der Waals surface area contributed by atoms with Crippen molar-refractivity contribution in [1.29, 1.82) is 5.41 Å². The maximum absolute atomic E-state index is 7.43. The van der Waals surface area contributed by atoms with Gasteiger partial charge in [-0.1, -0.05) is 6.92 Å². The van der Waals surface area contributed by atoms with Gasteiger partial charge in [-0.3, -0.25) is 15.2 Å². The smallest absolute Gasteiger partial charge is 0.0921 e. The van der Waals surface area contributed by atoms with Crippen molar-refractivity contribution in [3.05, 3.63) is 0 Å². The Morgan fingerprint density at radius 2 is 2.06 bits per heavy atom. The standard InChI is InChI=1S/C12H26N4/c1-5-10(8-11(13)14)16-7-6-15(4)12(2,3)9-16/h10H,5-9H2,1-4H3,(H3,13,14). The molecule has 1 atom stereocenters. The van der Waals surface area contributed by atoms with Gasteiger partial charge in [0.1, 0.15) is 0 Å². The lowest BCUT2D eigenvalue weighted by Gasteiger charge is -2.47.